The standard InChI is InChI=1S/C19H23NO7S2/c1-10(21)20-14-7-5-6-8-16(14)29-19-18(27-13(4)24)17(26-12(3)23)15(9-28-19)25-11(2)22/h5-8,15,17-19H,9H2,1-4H3,(H,20,21)/t15-,17+,18-,19+/m1/s1. The van der Waals surface area contributed by atoms with Crippen molar-refractivity contribution in [2.24, 2.45) is 0 Å². The van der Waals surface area contributed by atoms with Crippen LogP contribution in [0.3, 0.4) is 0 Å². The molecule has 0 aromatic heterocycles. The molecule has 0 radical (unpaired) electrons. The van der Waals surface area contributed by atoms with Gasteiger partial charge in [0.05, 0.1) is 10.3 Å². The van der Waals surface area contributed by atoms with E-state index in [0.717, 1.165) is 4.90 Å². The number of esters is 3. The summed E-state index contributed by atoms with van der Waals surface area (Å²) in [5.41, 5.74) is 0.623. The van der Waals surface area contributed by atoms with E-state index in [0.29, 0.717) is 11.4 Å². The van der Waals surface area contributed by atoms with E-state index in [2.05, 4.69) is 5.32 Å². The van der Waals surface area contributed by atoms with Crippen LogP contribution in [0.15, 0.2) is 29.2 Å². The summed E-state index contributed by atoms with van der Waals surface area (Å²) < 4.78 is 15.8. The Morgan fingerprint density at radius 2 is 1.52 bits per heavy atom. The Morgan fingerprint density at radius 1 is 0.931 bits per heavy atom. The number of hydrogen-bond acceptors (Lipinski definition) is 9. The van der Waals surface area contributed by atoms with Gasteiger partial charge in [-0.15, -0.1) is 23.5 Å². The zero-order chi connectivity index (χ0) is 21.6. The predicted octanol–water partition coefficient (Wildman–Crippen LogP) is 2.61. The van der Waals surface area contributed by atoms with Crippen molar-refractivity contribution in [3.05, 3.63) is 24.3 Å². The van der Waals surface area contributed by atoms with Crippen molar-refractivity contribution in [2.75, 3.05) is 11.1 Å². The van der Waals surface area contributed by atoms with Crippen LogP contribution in [-0.4, -0.2) is 52.5 Å². The third-order valence-corrected chi connectivity index (χ3v) is 6.67. The fraction of sp³-hybridized carbons (Fsp3) is 0.474. The molecule has 0 bridgehead atoms. The fourth-order valence-electron chi connectivity index (χ4n) is 2.80. The maximum absolute atomic E-state index is 11.7. The summed E-state index contributed by atoms with van der Waals surface area (Å²) >= 11 is 2.80. The van der Waals surface area contributed by atoms with Gasteiger partial charge in [0.15, 0.2) is 18.3 Å². The van der Waals surface area contributed by atoms with Gasteiger partial charge in [-0.2, -0.15) is 0 Å². The van der Waals surface area contributed by atoms with Gasteiger partial charge in [0.2, 0.25) is 5.91 Å². The summed E-state index contributed by atoms with van der Waals surface area (Å²) in [4.78, 5) is 47.1. The number of carbonyl (C=O) groups excluding carboxylic acids is 4. The lowest BCUT2D eigenvalue weighted by Crippen LogP contribution is -2.53. The molecule has 0 unspecified atom stereocenters. The van der Waals surface area contributed by atoms with E-state index in [1.807, 2.05) is 12.1 Å². The van der Waals surface area contributed by atoms with Gasteiger partial charge in [-0.1, -0.05) is 12.1 Å². The van der Waals surface area contributed by atoms with Gasteiger partial charge in [0.25, 0.3) is 0 Å². The molecule has 158 valence electrons. The fourth-order valence-corrected chi connectivity index (χ4v) is 5.65. The summed E-state index contributed by atoms with van der Waals surface area (Å²) in [5, 5.41) is 2.77. The first-order chi connectivity index (χ1) is 13.7. The molecule has 1 aromatic carbocycles. The summed E-state index contributed by atoms with van der Waals surface area (Å²) in [6.07, 6.45) is -2.53. The molecule has 1 saturated heterocycles. The lowest BCUT2D eigenvalue weighted by Gasteiger charge is -2.40. The summed E-state index contributed by atoms with van der Waals surface area (Å²) in [6, 6.07) is 7.22. The van der Waals surface area contributed by atoms with Crippen molar-refractivity contribution in [2.45, 2.75) is 55.5 Å². The highest BCUT2D eigenvalue weighted by Crippen LogP contribution is 2.43. The van der Waals surface area contributed by atoms with Crippen LogP contribution in [0.4, 0.5) is 5.69 Å². The van der Waals surface area contributed by atoms with Crippen molar-refractivity contribution in [1.29, 1.82) is 0 Å². The van der Waals surface area contributed by atoms with Crippen molar-refractivity contribution in [3.63, 3.8) is 0 Å². The van der Waals surface area contributed by atoms with Gasteiger partial charge in [-0.3, -0.25) is 19.2 Å². The zero-order valence-corrected chi connectivity index (χ0v) is 18.1. The number of thioether (sulfide) groups is 2. The van der Waals surface area contributed by atoms with Gasteiger partial charge >= 0.3 is 17.9 Å². The second-order valence-electron chi connectivity index (χ2n) is 6.29. The third-order valence-electron chi connectivity index (χ3n) is 3.75. The molecular weight excluding hydrogens is 418 g/mol. The summed E-state index contributed by atoms with van der Waals surface area (Å²) in [7, 11) is 0. The van der Waals surface area contributed by atoms with E-state index >= 15 is 0 Å². The van der Waals surface area contributed by atoms with Crippen LogP contribution in [0, 0.1) is 0 Å². The maximum Gasteiger partial charge on any atom is 0.303 e. The molecule has 1 N–H and O–H groups in total. The molecule has 1 fully saturated rings. The smallest absolute Gasteiger partial charge is 0.303 e. The van der Waals surface area contributed by atoms with Crippen LogP contribution in [0.2, 0.25) is 0 Å². The highest BCUT2D eigenvalue weighted by molar-refractivity contribution is 8.17. The minimum atomic E-state index is -0.938. The largest absolute Gasteiger partial charge is 0.458 e. The Bertz CT molecular complexity index is 786. The van der Waals surface area contributed by atoms with Crippen LogP contribution in [-0.2, 0) is 33.4 Å². The van der Waals surface area contributed by atoms with Crippen LogP contribution >= 0.6 is 23.5 Å². The Morgan fingerprint density at radius 3 is 2.10 bits per heavy atom. The molecule has 4 atom stereocenters. The molecule has 0 spiro atoms. The molecule has 1 aliphatic heterocycles. The summed E-state index contributed by atoms with van der Waals surface area (Å²) in [5.74, 6) is -1.49. The highest BCUT2D eigenvalue weighted by Gasteiger charge is 2.46. The molecule has 10 heteroatoms. The van der Waals surface area contributed by atoms with Crippen molar-refractivity contribution in [3.8, 4) is 0 Å². The number of hydrogen-bond donors (Lipinski definition) is 1. The molecule has 0 aliphatic carbocycles. The Kier molecular flexibility index (Phi) is 8.39. The van der Waals surface area contributed by atoms with Crippen LogP contribution in [0.1, 0.15) is 27.7 Å². The molecule has 8 nitrogen and oxygen atoms in total. The third kappa shape index (κ3) is 6.97. The second kappa shape index (κ2) is 10.5. The molecular formula is C19H23NO7S2. The monoisotopic (exact) mass is 441 g/mol. The molecule has 2 rings (SSSR count). The summed E-state index contributed by atoms with van der Waals surface area (Å²) in [6.45, 7) is 5.18. The van der Waals surface area contributed by atoms with Gasteiger partial charge in [-0.25, -0.2) is 0 Å². The van der Waals surface area contributed by atoms with Gasteiger partial charge in [0.1, 0.15) is 0 Å². The number of para-hydroxylation sites is 1. The van der Waals surface area contributed by atoms with Gasteiger partial charge < -0.3 is 19.5 Å². The lowest BCUT2D eigenvalue weighted by atomic mass is 10.1. The molecule has 29 heavy (non-hydrogen) atoms. The quantitative estimate of drug-likeness (QED) is 0.526. The number of rotatable bonds is 6. The van der Waals surface area contributed by atoms with Crippen molar-refractivity contribution >= 4 is 53.0 Å². The average molecular weight is 442 g/mol. The number of benzene rings is 1. The van der Waals surface area contributed by atoms with E-state index in [1.54, 1.807) is 12.1 Å². The zero-order valence-electron chi connectivity index (χ0n) is 16.5. The minimum absolute atomic E-state index is 0.210. The number of ether oxygens (including phenoxy) is 3. The Hall–Kier alpha value is -2.20. The Balaban J connectivity index is 2.32. The number of amides is 1. The first-order valence-electron chi connectivity index (χ1n) is 8.84. The molecule has 0 saturated carbocycles. The lowest BCUT2D eigenvalue weighted by molar-refractivity contribution is -0.180. The second-order valence-corrected chi connectivity index (χ2v) is 8.95. The molecule has 1 heterocycles. The predicted molar refractivity (Wildman–Crippen MR) is 110 cm³/mol. The van der Waals surface area contributed by atoms with Gasteiger partial charge in [0, 0.05) is 38.3 Å². The van der Waals surface area contributed by atoms with E-state index in [1.165, 1.54) is 51.2 Å². The van der Waals surface area contributed by atoms with Crippen LogP contribution in [0.5, 0.6) is 0 Å². The molecule has 1 aliphatic rings. The van der Waals surface area contributed by atoms with Crippen LogP contribution < -0.4 is 5.32 Å². The van der Waals surface area contributed by atoms with E-state index in [9.17, 15) is 19.2 Å². The normalized spacial score (nSPS) is 23.6. The Labute approximate surface area is 177 Å². The van der Waals surface area contributed by atoms with Gasteiger partial charge in [-0.05, 0) is 12.1 Å². The number of nitrogens with one attached hydrogen (secondary N) is 1. The van der Waals surface area contributed by atoms with Crippen molar-refractivity contribution < 1.29 is 33.4 Å². The highest BCUT2D eigenvalue weighted by atomic mass is 32.2. The number of anilines is 1. The van der Waals surface area contributed by atoms with E-state index in [4.69, 9.17) is 14.2 Å². The average Bonchev–Trinajstić information content (AvgIpc) is 2.60. The van der Waals surface area contributed by atoms with Crippen molar-refractivity contribution in [1.82, 2.24) is 0 Å². The molecule has 1 amide bonds. The molecule has 1 aromatic rings. The van der Waals surface area contributed by atoms with Crippen LogP contribution in [0.25, 0.3) is 0 Å². The van der Waals surface area contributed by atoms with E-state index < -0.39 is 36.2 Å². The number of carbonyl (C=O) groups is 4. The van der Waals surface area contributed by atoms with E-state index in [-0.39, 0.29) is 10.5 Å². The topological polar surface area (TPSA) is 108 Å². The first-order valence-corrected chi connectivity index (χ1v) is 10.8. The SMILES string of the molecule is CC(=O)Nc1ccccc1S[C@@H]1SC[C@@H](OC(C)=O)[C@H](OC(C)=O)[C@H]1OC(C)=O. The first kappa shape index (κ1) is 23.1. The minimum Gasteiger partial charge on any atom is -0.458 e. The maximum atomic E-state index is 11.7.